The third-order valence-electron chi connectivity index (χ3n) is 2.14. The summed E-state index contributed by atoms with van der Waals surface area (Å²) < 4.78 is 23.8. The summed E-state index contributed by atoms with van der Waals surface area (Å²) in [6.45, 7) is 4.05. The molecule has 0 saturated carbocycles. The molecule has 0 aromatic heterocycles. The van der Waals surface area contributed by atoms with E-state index in [1.165, 1.54) is 6.07 Å². The van der Waals surface area contributed by atoms with Crippen molar-refractivity contribution in [2.24, 2.45) is 5.73 Å². The molecule has 1 aromatic carbocycles. The number of hydrogen-bond donors (Lipinski definition) is 1. The number of rotatable bonds is 7. The Kier molecular flexibility index (Phi) is 6.04. The van der Waals surface area contributed by atoms with E-state index in [4.69, 9.17) is 27.4 Å². The van der Waals surface area contributed by atoms with Crippen LogP contribution in [0.1, 0.15) is 18.1 Å². The summed E-state index contributed by atoms with van der Waals surface area (Å²) in [5, 5.41) is 0. The Balaban J connectivity index is 2.49. The van der Waals surface area contributed by atoms with E-state index >= 15 is 0 Å². The summed E-state index contributed by atoms with van der Waals surface area (Å²) in [4.78, 5) is 0.0543. The van der Waals surface area contributed by atoms with Crippen molar-refractivity contribution in [1.82, 2.24) is 0 Å². The molecule has 0 fully saturated rings. The molecule has 0 unspecified atom stereocenters. The second kappa shape index (κ2) is 7.32. The molecule has 0 spiro atoms. The largest absolute Gasteiger partial charge is 0.389 e. The first-order valence-electron chi connectivity index (χ1n) is 5.39. The van der Waals surface area contributed by atoms with Crippen LogP contribution < -0.4 is 5.73 Å². The van der Waals surface area contributed by atoms with Gasteiger partial charge in [-0.15, -0.1) is 0 Å². The lowest BCUT2D eigenvalue weighted by Gasteiger charge is -2.07. The number of hydrogen-bond acceptors (Lipinski definition) is 3. The summed E-state index contributed by atoms with van der Waals surface area (Å²) in [6.07, 6.45) is 0. The summed E-state index contributed by atoms with van der Waals surface area (Å²) in [6, 6.07) is 4.60. The van der Waals surface area contributed by atoms with E-state index in [-0.39, 0.29) is 10.6 Å². The Labute approximate surface area is 106 Å². The molecule has 0 aliphatic carbocycles. The summed E-state index contributed by atoms with van der Waals surface area (Å²) in [5.74, 6) is -0.407. The van der Waals surface area contributed by atoms with Crippen LogP contribution in [0.3, 0.4) is 0 Å². The van der Waals surface area contributed by atoms with Gasteiger partial charge in [0.15, 0.2) is 0 Å². The van der Waals surface area contributed by atoms with Crippen LogP contribution in [-0.4, -0.2) is 24.8 Å². The van der Waals surface area contributed by atoms with Gasteiger partial charge in [-0.25, -0.2) is 4.39 Å². The molecule has 3 nitrogen and oxygen atoms in total. The van der Waals surface area contributed by atoms with E-state index in [2.05, 4.69) is 0 Å². The van der Waals surface area contributed by atoms with E-state index in [9.17, 15) is 4.39 Å². The second-order valence-electron chi connectivity index (χ2n) is 3.43. The van der Waals surface area contributed by atoms with Gasteiger partial charge in [0.25, 0.3) is 0 Å². The highest BCUT2D eigenvalue weighted by Crippen LogP contribution is 2.11. The van der Waals surface area contributed by atoms with E-state index in [0.717, 1.165) is 5.56 Å². The van der Waals surface area contributed by atoms with Crippen molar-refractivity contribution in [3.63, 3.8) is 0 Å². The van der Waals surface area contributed by atoms with Crippen molar-refractivity contribution in [3.05, 3.63) is 35.1 Å². The van der Waals surface area contributed by atoms with Crippen molar-refractivity contribution < 1.29 is 13.9 Å². The molecule has 0 aliphatic rings. The fraction of sp³-hybridized carbons (Fsp3) is 0.417. The summed E-state index contributed by atoms with van der Waals surface area (Å²) in [7, 11) is 0. The SMILES string of the molecule is CCOCCOCc1ccc(F)c(C(N)=S)c1. The first-order valence-corrected chi connectivity index (χ1v) is 5.79. The van der Waals surface area contributed by atoms with Crippen LogP contribution in [0, 0.1) is 5.82 Å². The number of ether oxygens (including phenoxy) is 2. The van der Waals surface area contributed by atoms with Crippen LogP contribution in [0.15, 0.2) is 18.2 Å². The molecule has 0 bridgehead atoms. The molecule has 1 aromatic rings. The van der Waals surface area contributed by atoms with Gasteiger partial charge in [0.05, 0.1) is 19.8 Å². The minimum absolute atomic E-state index is 0.0543. The number of thiocarbonyl (C=S) groups is 1. The number of benzene rings is 1. The van der Waals surface area contributed by atoms with Crippen molar-refractivity contribution >= 4 is 17.2 Å². The molecule has 94 valence electrons. The van der Waals surface area contributed by atoms with Crippen LogP contribution in [0.5, 0.6) is 0 Å². The normalized spacial score (nSPS) is 10.5. The third kappa shape index (κ3) is 4.77. The number of halogens is 1. The van der Waals surface area contributed by atoms with Gasteiger partial charge in [-0.3, -0.25) is 0 Å². The molecule has 0 atom stereocenters. The molecule has 0 amide bonds. The van der Waals surface area contributed by atoms with Gasteiger partial charge in [0.2, 0.25) is 0 Å². The molecule has 0 heterocycles. The Morgan fingerprint density at radius 1 is 1.35 bits per heavy atom. The quantitative estimate of drug-likeness (QED) is 0.599. The van der Waals surface area contributed by atoms with Gasteiger partial charge in [0.1, 0.15) is 10.8 Å². The van der Waals surface area contributed by atoms with Crippen LogP contribution in [-0.2, 0) is 16.1 Å². The molecule has 0 radical (unpaired) electrons. The van der Waals surface area contributed by atoms with Crippen molar-refractivity contribution in [1.29, 1.82) is 0 Å². The van der Waals surface area contributed by atoms with Crippen molar-refractivity contribution in [2.75, 3.05) is 19.8 Å². The van der Waals surface area contributed by atoms with Gasteiger partial charge in [0, 0.05) is 12.2 Å². The van der Waals surface area contributed by atoms with E-state index in [1.807, 2.05) is 6.92 Å². The van der Waals surface area contributed by atoms with Crippen molar-refractivity contribution in [2.45, 2.75) is 13.5 Å². The summed E-state index contributed by atoms with van der Waals surface area (Å²) >= 11 is 4.76. The lowest BCUT2D eigenvalue weighted by atomic mass is 10.1. The topological polar surface area (TPSA) is 44.5 Å². The maximum absolute atomic E-state index is 13.3. The highest BCUT2D eigenvalue weighted by Gasteiger charge is 2.06. The maximum atomic E-state index is 13.3. The van der Waals surface area contributed by atoms with Crippen LogP contribution in [0.2, 0.25) is 0 Å². The van der Waals surface area contributed by atoms with E-state index < -0.39 is 5.82 Å². The van der Waals surface area contributed by atoms with Crippen LogP contribution in [0.25, 0.3) is 0 Å². The minimum Gasteiger partial charge on any atom is -0.389 e. The third-order valence-corrected chi connectivity index (χ3v) is 2.36. The maximum Gasteiger partial charge on any atom is 0.133 e. The molecule has 0 aliphatic heterocycles. The van der Waals surface area contributed by atoms with Gasteiger partial charge < -0.3 is 15.2 Å². The minimum atomic E-state index is -0.407. The highest BCUT2D eigenvalue weighted by molar-refractivity contribution is 7.80. The van der Waals surface area contributed by atoms with Crippen LogP contribution in [0.4, 0.5) is 4.39 Å². The van der Waals surface area contributed by atoms with E-state index in [1.54, 1.807) is 12.1 Å². The van der Waals surface area contributed by atoms with Crippen LogP contribution >= 0.6 is 12.2 Å². The fourth-order valence-corrected chi connectivity index (χ4v) is 1.46. The zero-order valence-corrected chi connectivity index (χ0v) is 10.6. The zero-order valence-electron chi connectivity index (χ0n) is 9.74. The molecular weight excluding hydrogens is 241 g/mol. The lowest BCUT2D eigenvalue weighted by Crippen LogP contribution is -2.12. The van der Waals surface area contributed by atoms with Gasteiger partial charge in [-0.2, -0.15) is 0 Å². The van der Waals surface area contributed by atoms with Gasteiger partial charge in [-0.05, 0) is 24.6 Å². The average Bonchev–Trinajstić information content (AvgIpc) is 2.30. The Bertz CT molecular complexity index is 385. The Morgan fingerprint density at radius 2 is 2.06 bits per heavy atom. The molecule has 2 N–H and O–H groups in total. The molecule has 0 saturated heterocycles. The zero-order chi connectivity index (χ0) is 12.7. The first kappa shape index (κ1) is 14.0. The number of nitrogens with two attached hydrogens (primary N) is 1. The second-order valence-corrected chi connectivity index (χ2v) is 3.87. The predicted molar refractivity (Wildman–Crippen MR) is 68.4 cm³/mol. The smallest absolute Gasteiger partial charge is 0.133 e. The molecule has 1 rings (SSSR count). The first-order chi connectivity index (χ1) is 8.15. The lowest BCUT2D eigenvalue weighted by molar-refractivity contribution is 0.0453. The average molecular weight is 257 g/mol. The fourth-order valence-electron chi connectivity index (χ4n) is 1.30. The standard InChI is InChI=1S/C12H16FNO2S/c1-2-15-5-6-16-8-9-3-4-11(13)10(7-9)12(14)17/h3-4,7H,2,5-6,8H2,1H3,(H2,14,17). The highest BCUT2D eigenvalue weighted by atomic mass is 32.1. The van der Waals surface area contributed by atoms with E-state index in [0.29, 0.717) is 26.4 Å². The molecule has 5 heteroatoms. The van der Waals surface area contributed by atoms with Gasteiger partial charge >= 0.3 is 0 Å². The summed E-state index contributed by atoms with van der Waals surface area (Å²) in [5.41, 5.74) is 6.50. The predicted octanol–water partition coefficient (Wildman–Crippen LogP) is 2.01. The van der Waals surface area contributed by atoms with Crippen molar-refractivity contribution in [3.8, 4) is 0 Å². The monoisotopic (exact) mass is 257 g/mol. The Hall–Kier alpha value is -1.04. The molecule has 17 heavy (non-hydrogen) atoms. The van der Waals surface area contributed by atoms with Gasteiger partial charge in [-0.1, -0.05) is 18.3 Å². The molecular formula is C12H16FNO2S. The Morgan fingerprint density at radius 3 is 2.71 bits per heavy atom.